The summed E-state index contributed by atoms with van der Waals surface area (Å²) < 4.78 is 0. The minimum Gasteiger partial charge on any atom is -0.390 e. The maximum absolute atomic E-state index is 8.22. The fraction of sp³-hybridized carbons (Fsp3) is 0.833. The van der Waals surface area contributed by atoms with E-state index < -0.39 is 0 Å². The highest BCUT2D eigenvalue weighted by atomic mass is 16.2. The molecule has 0 spiro atoms. The first-order valence-corrected chi connectivity index (χ1v) is 2.89. The van der Waals surface area contributed by atoms with E-state index in [0.717, 1.165) is 12.3 Å². The van der Waals surface area contributed by atoms with Crippen LogP contribution in [0.1, 0.15) is 25.7 Å². The number of hydrogen-bond acceptors (Lipinski definition) is 1. The Morgan fingerprint density at radius 1 is 1.57 bits per heavy atom. The van der Waals surface area contributed by atoms with Gasteiger partial charge < -0.3 is 5.11 Å². The van der Waals surface area contributed by atoms with E-state index >= 15 is 0 Å². The van der Waals surface area contributed by atoms with Gasteiger partial charge in [-0.2, -0.15) is 0 Å². The molecule has 0 atom stereocenters. The molecular weight excluding hydrogens is 88.1 g/mol. The average molecular weight is 99.2 g/mol. The molecule has 0 aliphatic heterocycles. The summed E-state index contributed by atoms with van der Waals surface area (Å²) in [5.74, 6) is 0.961. The second kappa shape index (κ2) is 2.31. The molecule has 1 saturated carbocycles. The van der Waals surface area contributed by atoms with Crippen LogP contribution in [0.25, 0.3) is 0 Å². The molecule has 41 valence electrons. The topological polar surface area (TPSA) is 20.2 Å². The maximum Gasteiger partial charge on any atom is 0.0799 e. The van der Waals surface area contributed by atoms with Crippen LogP contribution >= 0.6 is 0 Å². The van der Waals surface area contributed by atoms with E-state index in [1.807, 2.05) is 0 Å². The number of aliphatic hydroxyl groups is 1. The van der Waals surface area contributed by atoms with Crippen LogP contribution in [0, 0.1) is 12.5 Å². The predicted molar refractivity (Wildman–Crippen MR) is 28.2 cm³/mol. The smallest absolute Gasteiger partial charge is 0.0799 e. The van der Waals surface area contributed by atoms with Crippen molar-refractivity contribution < 1.29 is 5.11 Å². The quantitative estimate of drug-likeness (QED) is 0.571. The highest BCUT2D eigenvalue weighted by Crippen LogP contribution is 2.33. The Hall–Kier alpha value is -0.0400. The van der Waals surface area contributed by atoms with Gasteiger partial charge in [0.2, 0.25) is 0 Å². The first-order valence-electron chi connectivity index (χ1n) is 2.89. The highest BCUT2D eigenvalue weighted by molar-refractivity contribution is 4.73. The van der Waals surface area contributed by atoms with Gasteiger partial charge >= 0.3 is 0 Å². The molecule has 0 heterocycles. The number of hydrogen-bond donors (Lipinski definition) is 1. The van der Waals surface area contributed by atoms with E-state index in [-0.39, 0.29) is 0 Å². The lowest BCUT2D eigenvalue weighted by atomic mass is 10.2. The van der Waals surface area contributed by atoms with Crippen molar-refractivity contribution in [3.05, 3.63) is 6.61 Å². The number of aliphatic hydroxyl groups excluding tert-OH is 1. The van der Waals surface area contributed by atoms with Crippen molar-refractivity contribution >= 4 is 0 Å². The first kappa shape index (κ1) is 5.10. The lowest BCUT2D eigenvalue weighted by molar-refractivity contribution is 0.366. The van der Waals surface area contributed by atoms with Gasteiger partial charge in [-0.05, 0) is 18.8 Å². The van der Waals surface area contributed by atoms with Crippen molar-refractivity contribution in [2.24, 2.45) is 5.92 Å². The Morgan fingerprint density at radius 3 is 2.71 bits per heavy atom. The van der Waals surface area contributed by atoms with Crippen LogP contribution in [0.3, 0.4) is 0 Å². The third kappa shape index (κ3) is 1.93. The average Bonchev–Trinajstić information content (AvgIpc) is 2.42. The van der Waals surface area contributed by atoms with Gasteiger partial charge in [-0.15, -0.1) is 0 Å². The molecule has 1 radical (unpaired) electrons. The van der Waals surface area contributed by atoms with E-state index in [4.69, 9.17) is 5.11 Å². The van der Waals surface area contributed by atoms with Crippen molar-refractivity contribution in [3.63, 3.8) is 0 Å². The molecule has 1 fully saturated rings. The van der Waals surface area contributed by atoms with Gasteiger partial charge in [0.1, 0.15) is 0 Å². The van der Waals surface area contributed by atoms with Crippen LogP contribution in [-0.4, -0.2) is 5.11 Å². The molecule has 7 heavy (non-hydrogen) atoms. The van der Waals surface area contributed by atoms with E-state index in [1.54, 1.807) is 0 Å². The molecular formula is C6H11O. The second-order valence-electron chi connectivity index (χ2n) is 2.20. The van der Waals surface area contributed by atoms with Crippen molar-refractivity contribution in [2.45, 2.75) is 25.7 Å². The minimum absolute atomic E-state index is 0.894. The molecule has 0 aromatic carbocycles. The van der Waals surface area contributed by atoms with Gasteiger partial charge in [0.15, 0.2) is 0 Å². The van der Waals surface area contributed by atoms with Crippen LogP contribution in [0.2, 0.25) is 0 Å². The molecule has 1 aliphatic rings. The van der Waals surface area contributed by atoms with E-state index in [9.17, 15) is 0 Å². The fourth-order valence-electron chi connectivity index (χ4n) is 0.717. The zero-order valence-corrected chi connectivity index (χ0v) is 4.43. The van der Waals surface area contributed by atoms with Gasteiger partial charge in [0, 0.05) is 0 Å². The summed E-state index contributed by atoms with van der Waals surface area (Å²) in [7, 11) is 0. The molecule has 0 aromatic heterocycles. The van der Waals surface area contributed by atoms with Crippen LogP contribution in [0.5, 0.6) is 0 Å². The molecule has 0 aromatic rings. The van der Waals surface area contributed by atoms with Gasteiger partial charge in [-0.3, -0.25) is 0 Å². The summed E-state index contributed by atoms with van der Waals surface area (Å²) in [6, 6.07) is 0. The molecule has 1 N–H and O–H groups in total. The van der Waals surface area contributed by atoms with E-state index in [2.05, 4.69) is 0 Å². The summed E-state index contributed by atoms with van der Waals surface area (Å²) in [4.78, 5) is 0. The Labute approximate surface area is 44.4 Å². The van der Waals surface area contributed by atoms with Crippen molar-refractivity contribution in [3.8, 4) is 0 Å². The lowest BCUT2D eigenvalue weighted by Gasteiger charge is -1.87. The monoisotopic (exact) mass is 99.1 g/mol. The zero-order chi connectivity index (χ0) is 5.11. The molecule has 1 heteroatoms. The highest BCUT2D eigenvalue weighted by Gasteiger charge is 2.19. The van der Waals surface area contributed by atoms with Crippen molar-refractivity contribution in [2.75, 3.05) is 0 Å². The third-order valence-electron chi connectivity index (χ3n) is 1.40. The second-order valence-corrected chi connectivity index (χ2v) is 2.20. The molecule has 0 saturated heterocycles. The molecule has 1 rings (SSSR count). The molecule has 0 amide bonds. The Morgan fingerprint density at radius 2 is 2.29 bits per heavy atom. The van der Waals surface area contributed by atoms with Crippen molar-refractivity contribution in [1.82, 2.24) is 0 Å². The molecule has 0 unspecified atom stereocenters. The van der Waals surface area contributed by atoms with Crippen LogP contribution < -0.4 is 0 Å². The summed E-state index contributed by atoms with van der Waals surface area (Å²) in [5, 5.41) is 8.22. The van der Waals surface area contributed by atoms with Gasteiger partial charge in [0.25, 0.3) is 0 Å². The van der Waals surface area contributed by atoms with Gasteiger partial charge in [-0.25, -0.2) is 0 Å². The Bertz CT molecular complexity index is 48.1. The summed E-state index contributed by atoms with van der Waals surface area (Å²) in [5.41, 5.74) is 0. The molecule has 1 aliphatic carbocycles. The fourth-order valence-corrected chi connectivity index (χ4v) is 0.717. The first-order chi connectivity index (χ1) is 3.43. The predicted octanol–water partition coefficient (Wildman–Crippen LogP) is 1.71. The summed E-state index contributed by atoms with van der Waals surface area (Å²) >= 11 is 0. The minimum atomic E-state index is 0.894. The maximum atomic E-state index is 8.22. The SMILES string of the molecule is O[CH]CCC1CC1. The Kier molecular flexibility index (Phi) is 1.69. The Balaban J connectivity index is 1.80. The van der Waals surface area contributed by atoms with Crippen LogP contribution in [0.4, 0.5) is 0 Å². The third-order valence-corrected chi connectivity index (χ3v) is 1.40. The number of rotatable bonds is 3. The van der Waals surface area contributed by atoms with Gasteiger partial charge in [0.05, 0.1) is 6.61 Å². The van der Waals surface area contributed by atoms with Crippen molar-refractivity contribution in [1.29, 1.82) is 0 Å². The normalized spacial score (nSPS) is 20.1. The van der Waals surface area contributed by atoms with E-state index in [0.29, 0.717) is 0 Å². The van der Waals surface area contributed by atoms with Gasteiger partial charge in [-0.1, -0.05) is 12.8 Å². The standard InChI is InChI=1S/C6H11O/c7-5-1-2-6-3-4-6/h5-7H,1-4H2. The van der Waals surface area contributed by atoms with Crippen LogP contribution in [0.15, 0.2) is 0 Å². The molecule has 1 nitrogen and oxygen atoms in total. The van der Waals surface area contributed by atoms with E-state index in [1.165, 1.54) is 25.9 Å². The largest absolute Gasteiger partial charge is 0.390 e. The van der Waals surface area contributed by atoms with Crippen LogP contribution in [-0.2, 0) is 0 Å². The zero-order valence-electron chi connectivity index (χ0n) is 4.43. The summed E-state index contributed by atoms with van der Waals surface area (Å²) in [6.45, 7) is 1.26. The molecule has 0 bridgehead atoms. The lowest BCUT2D eigenvalue weighted by Crippen LogP contribution is -1.76. The summed E-state index contributed by atoms with van der Waals surface area (Å²) in [6.07, 6.45) is 4.89.